The number of amides is 3. The summed E-state index contributed by atoms with van der Waals surface area (Å²) in [5.41, 5.74) is 0.957. The van der Waals surface area contributed by atoms with Crippen molar-refractivity contribution in [2.45, 2.75) is 51.2 Å². The Morgan fingerprint density at radius 2 is 2.03 bits per heavy atom. The SMILES string of the molecule is COc1cccc2[nH]c(C(=O)NC(CC(C)C)C(=O)NC(CC3CCNC3=O)C(C#N)NCC(=O)O)cc12. The van der Waals surface area contributed by atoms with Gasteiger partial charge in [-0.05, 0) is 43.4 Å². The number of rotatable bonds is 13. The molecule has 12 nitrogen and oxygen atoms in total. The normalized spacial score (nSPS) is 17.3. The number of methoxy groups -OCH3 is 1. The topological polar surface area (TPSA) is 185 Å². The maximum absolute atomic E-state index is 13.4. The highest BCUT2D eigenvalue weighted by molar-refractivity contribution is 6.01. The summed E-state index contributed by atoms with van der Waals surface area (Å²) in [7, 11) is 1.54. The van der Waals surface area contributed by atoms with Crippen LogP contribution in [0.3, 0.4) is 0 Å². The van der Waals surface area contributed by atoms with Crippen molar-refractivity contribution < 1.29 is 29.0 Å². The van der Waals surface area contributed by atoms with Crippen LogP contribution in [0.4, 0.5) is 0 Å². The van der Waals surface area contributed by atoms with Gasteiger partial charge in [-0.2, -0.15) is 5.26 Å². The lowest BCUT2D eigenvalue weighted by atomic mass is 9.93. The van der Waals surface area contributed by atoms with Gasteiger partial charge in [-0.3, -0.25) is 24.5 Å². The van der Waals surface area contributed by atoms with Gasteiger partial charge in [0.05, 0.1) is 25.8 Å². The molecule has 3 rings (SSSR count). The van der Waals surface area contributed by atoms with Gasteiger partial charge in [0.15, 0.2) is 0 Å². The highest BCUT2D eigenvalue weighted by Gasteiger charge is 2.34. The van der Waals surface area contributed by atoms with Gasteiger partial charge < -0.3 is 30.8 Å². The number of nitrogens with one attached hydrogen (secondary N) is 5. The van der Waals surface area contributed by atoms with Crippen molar-refractivity contribution in [1.82, 2.24) is 26.3 Å². The number of ether oxygens (including phenoxy) is 1. The molecule has 1 aliphatic rings. The summed E-state index contributed by atoms with van der Waals surface area (Å²) in [5, 5.41) is 30.4. The number of carboxylic acid groups (broad SMARTS) is 1. The van der Waals surface area contributed by atoms with Crippen molar-refractivity contribution >= 4 is 34.6 Å². The zero-order valence-corrected chi connectivity index (χ0v) is 21.7. The second-order valence-corrected chi connectivity index (χ2v) is 9.77. The van der Waals surface area contributed by atoms with E-state index in [1.165, 1.54) is 7.11 Å². The van der Waals surface area contributed by atoms with Crippen LogP contribution in [0.2, 0.25) is 0 Å². The quantitative estimate of drug-likeness (QED) is 0.222. The zero-order chi connectivity index (χ0) is 27.8. The van der Waals surface area contributed by atoms with Crippen LogP contribution in [0.1, 0.15) is 43.6 Å². The van der Waals surface area contributed by atoms with Crippen molar-refractivity contribution in [3.8, 4) is 11.8 Å². The molecular weight excluding hydrogens is 492 g/mol. The lowest BCUT2D eigenvalue weighted by Gasteiger charge is -2.28. The number of aromatic amines is 1. The Morgan fingerprint density at radius 3 is 2.63 bits per heavy atom. The Morgan fingerprint density at radius 1 is 1.26 bits per heavy atom. The average Bonchev–Trinajstić information content (AvgIpc) is 3.49. The van der Waals surface area contributed by atoms with Gasteiger partial charge in [0.25, 0.3) is 5.91 Å². The summed E-state index contributed by atoms with van der Waals surface area (Å²) in [5.74, 6) is -2.14. The molecule has 1 aliphatic heterocycles. The number of carbonyl (C=O) groups excluding carboxylic acids is 3. The van der Waals surface area contributed by atoms with Gasteiger partial charge in [0.2, 0.25) is 11.8 Å². The summed E-state index contributed by atoms with van der Waals surface area (Å²) in [4.78, 5) is 52.9. The molecule has 1 saturated heterocycles. The second-order valence-electron chi connectivity index (χ2n) is 9.77. The van der Waals surface area contributed by atoms with Gasteiger partial charge >= 0.3 is 5.97 Å². The van der Waals surface area contributed by atoms with Crippen molar-refractivity contribution in [1.29, 1.82) is 5.26 Å². The van der Waals surface area contributed by atoms with Gasteiger partial charge in [0.1, 0.15) is 23.5 Å². The van der Waals surface area contributed by atoms with E-state index in [2.05, 4.69) is 26.3 Å². The number of H-pyrrole nitrogens is 1. The largest absolute Gasteiger partial charge is 0.496 e. The first-order valence-electron chi connectivity index (χ1n) is 12.5. The molecule has 2 aromatic rings. The molecule has 0 aliphatic carbocycles. The number of hydrogen-bond donors (Lipinski definition) is 6. The molecule has 3 amide bonds. The number of aromatic nitrogens is 1. The molecule has 0 saturated carbocycles. The highest BCUT2D eigenvalue weighted by Crippen LogP contribution is 2.26. The molecule has 38 heavy (non-hydrogen) atoms. The van der Waals surface area contributed by atoms with E-state index in [-0.39, 0.29) is 23.9 Å². The van der Waals surface area contributed by atoms with E-state index in [1.807, 2.05) is 26.0 Å². The molecule has 1 aromatic heterocycles. The zero-order valence-electron chi connectivity index (χ0n) is 21.7. The predicted octanol–water partition coefficient (Wildman–Crippen LogP) is 0.898. The van der Waals surface area contributed by atoms with Crippen LogP contribution in [0.5, 0.6) is 5.75 Å². The van der Waals surface area contributed by atoms with Crippen molar-refractivity contribution in [3.05, 3.63) is 30.0 Å². The minimum Gasteiger partial charge on any atom is -0.496 e. The molecule has 1 fully saturated rings. The monoisotopic (exact) mass is 526 g/mol. The Hall–Kier alpha value is -4.11. The first kappa shape index (κ1) is 28.5. The number of nitrogens with zero attached hydrogens (tertiary/aromatic N) is 1. The summed E-state index contributed by atoms with van der Waals surface area (Å²) >= 11 is 0. The lowest BCUT2D eigenvalue weighted by molar-refractivity contribution is -0.136. The van der Waals surface area contributed by atoms with Crippen LogP contribution in [-0.4, -0.2) is 72.1 Å². The maximum Gasteiger partial charge on any atom is 0.317 e. The summed E-state index contributed by atoms with van der Waals surface area (Å²) in [6.07, 6.45) is 1.00. The molecular formula is C26H34N6O6. The van der Waals surface area contributed by atoms with E-state index < -0.39 is 48.4 Å². The van der Waals surface area contributed by atoms with Crippen LogP contribution in [0, 0.1) is 23.2 Å². The van der Waals surface area contributed by atoms with E-state index in [1.54, 1.807) is 18.2 Å². The minimum atomic E-state index is -1.16. The van der Waals surface area contributed by atoms with Crippen LogP contribution < -0.4 is 26.0 Å². The average molecular weight is 527 g/mol. The third kappa shape index (κ3) is 7.23. The van der Waals surface area contributed by atoms with E-state index in [9.17, 15) is 24.4 Å². The third-order valence-electron chi connectivity index (χ3n) is 6.46. The molecule has 4 unspecified atom stereocenters. The molecule has 0 radical (unpaired) electrons. The molecule has 12 heteroatoms. The molecule has 204 valence electrons. The fourth-order valence-corrected chi connectivity index (χ4v) is 4.58. The number of carboxylic acids is 1. The maximum atomic E-state index is 13.4. The lowest BCUT2D eigenvalue weighted by Crippen LogP contribution is -2.56. The van der Waals surface area contributed by atoms with Crippen LogP contribution in [0.25, 0.3) is 10.9 Å². The smallest absolute Gasteiger partial charge is 0.317 e. The number of fused-ring (bicyclic) bond motifs is 1. The Labute approximate surface area is 220 Å². The highest BCUT2D eigenvalue weighted by atomic mass is 16.5. The fourth-order valence-electron chi connectivity index (χ4n) is 4.58. The number of aliphatic carboxylic acids is 1. The summed E-state index contributed by atoms with van der Waals surface area (Å²) in [6.45, 7) is 3.82. The number of carbonyl (C=O) groups is 4. The van der Waals surface area contributed by atoms with Crippen LogP contribution >= 0.6 is 0 Å². The van der Waals surface area contributed by atoms with E-state index in [4.69, 9.17) is 9.84 Å². The molecule has 0 bridgehead atoms. The second kappa shape index (κ2) is 12.9. The molecule has 1 aromatic carbocycles. The minimum absolute atomic E-state index is 0.0461. The van der Waals surface area contributed by atoms with Crippen LogP contribution in [-0.2, 0) is 14.4 Å². The Balaban J connectivity index is 1.80. The van der Waals surface area contributed by atoms with E-state index in [0.717, 1.165) is 5.39 Å². The Bertz CT molecular complexity index is 1220. The van der Waals surface area contributed by atoms with Gasteiger partial charge in [-0.25, -0.2) is 0 Å². The first-order chi connectivity index (χ1) is 18.1. The summed E-state index contributed by atoms with van der Waals surface area (Å²) < 4.78 is 5.35. The molecule has 2 heterocycles. The fraction of sp³-hybridized carbons (Fsp3) is 0.500. The van der Waals surface area contributed by atoms with E-state index >= 15 is 0 Å². The van der Waals surface area contributed by atoms with E-state index in [0.29, 0.717) is 30.7 Å². The molecule has 4 atom stereocenters. The van der Waals surface area contributed by atoms with Crippen molar-refractivity contribution in [3.63, 3.8) is 0 Å². The van der Waals surface area contributed by atoms with Crippen LogP contribution in [0.15, 0.2) is 24.3 Å². The van der Waals surface area contributed by atoms with Gasteiger partial charge in [-0.15, -0.1) is 0 Å². The predicted molar refractivity (Wildman–Crippen MR) is 138 cm³/mol. The van der Waals surface area contributed by atoms with Gasteiger partial charge in [0, 0.05) is 23.4 Å². The molecule has 0 spiro atoms. The number of benzene rings is 1. The first-order valence-corrected chi connectivity index (χ1v) is 12.5. The molecule has 6 N–H and O–H groups in total. The van der Waals surface area contributed by atoms with Gasteiger partial charge in [-0.1, -0.05) is 19.9 Å². The number of nitriles is 1. The number of hydrogen-bond acceptors (Lipinski definition) is 7. The summed E-state index contributed by atoms with van der Waals surface area (Å²) in [6, 6.07) is 6.18. The van der Waals surface area contributed by atoms with Crippen molar-refractivity contribution in [2.24, 2.45) is 11.8 Å². The third-order valence-corrected chi connectivity index (χ3v) is 6.46. The Kier molecular flexibility index (Phi) is 9.67. The standard InChI is InChI=1S/C26H34N6O6/c1-14(2)9-19(32-26(37)20-11-16-17(30-20)5-4-6-22(16)38-3)25(36)31-18(10-15-7-8-28-24(15)35)21(12-27)29-13-23(33)34/h4-6,11,14-15,18-19,21,29-30H,7-10,13H2,1-3H3,(H,28,35)(H,31,36)(H,32,37)(H,33,34). The van der Waals surface area contributed by atoms with Crippen molar-refractivity contribution in [2.75, 3.05) is 20.2 Å².